The molecule has 0 aromatic heterocycles. The van der Waals surface area contributed by atoms with Crippen LogP contribution in [-0.4, -0.2) is 39.9 Å². The molecule has 94 valence electrons. The lowest BCUT2D eigenvalue weighted by Crippen LogP contribution is -2.55. The maximum atomic E-state index is 11.4. The molecular formula is C9H19N3O4. The lowest BCUT2D eigenvalue weighted by Gasteiger charge is -2.25. The molecule has 0 aliphatic rings. The van der Waals surface area contributed by atoms with Gasteiger partial charge in [-0.25, -0.2) is 10.6 Å². The van der Waals surface area contributed by atoms with Crippen molar-refractivity contribution < 1.29 is 19.4 Å². The van der Waals surface area contributed by atoms with Crippen molar-refractivity contribution in [3.8, 4) is 0 Å². The van der Waals surface area contributed by atoms with Gasteiger partial charge in [0.05, 0.1) is 6.10 Å². The zero-order chi connectivity index (χ0) is 13.1. The predicted octanol–water partition coefficient (Wildman–Crippen LogP) is -0.668. The van der Waals surface area contributed by atoms with E-state index in [9.17, 15) is 9.59 Å². The minimum atomic E-state index is -1.25. The van der Waals surface area contributed by atoms with Crippen LogP contribution in [0.25, 0.3) is 0 Å². The number of hydrogen-bond donors (Lipinski definition) is 3. The first kappa shape index (κ1) is 14.8. The van der Waals surface area contributed by atoms with Crippen molar-refractivity contribution in [1.82, 2.24) is 5.01 Å². The minimum absolute atomic E-state index is 0.267. The van der Waals surface area contributed by atoms with Gasteiger partial charge in [-0.05, 0) is 27.7 Å². The molecule has 0 saturated heterocycles. The van der Waals surface area contributed by atoms with Crippen LogP contribution in [0.5, 0.6) is 0 Å². The van der Waals surface area contributed by atoms with Gasteiger partial charge in [0.25, 0.3) is 5.91 Å². The number of amides is 2. The highest BCUT2D eigenvalue weighted by Crippen LogP contribution is 2.09. The smallest absolute Gasteiger partial charge is 0.431 e. The summed E-state index contributed by atoms with van der Waals surface area (Å²) in [5.74, 6) is 4.33. The standard InChI is InChI=1S/C9H19N3O4/c1-5(13)6(10)7(14)12(11)8(15)16-9(2,3)4/h5-6,13H,10-11H2,1-4H3/t5-,6+/m1/s1. The number of aliphatic hydroxyl groups excluding tert-OH is 1. The Hall–Kier alpha value is -1.18. The van der Waals surface area contributed by atoms with E-state index in [-0.39, 0.29) is 5.01 Å². The Bertz CT molecular complexity index is 272. The summed E-state index contributed by atoms with van der Waals surface area (Å²) in [4.78, 5) is 22.8. The number of nitrogens with zero attached hydrogens (tertiary/aromatic N) is 1. The summed E-state index contributed by atoms with van der Waals surface area (Å²) in [7, 11) is 0. The van der Waals surface area contributed by atoms with Gasteiger partial charge in [0, 0.05) is 0 Å². The molecule has 16 heavy (non-hydrogen) atoms. The molecular weight excluding hydrogens is 214 g/mol. The fourth-order valence-corrected chi connectivity index (χ4v) is 0.768. The monoisotopic (exact) mass is 233 g/mol. The fourth-order valence-electron chi connectivity index (χ4n) is 0.768. The number of hydrazine groups is 1. The molecule has 0 bridgehead atoms. The van der Waals surface area contributed by atoms with E-state index in [0.717, 1.165) is 0 Å². The maximum Gasteiger partial charge on any atom is 0.431 e. The number of rotatable bonds is 2. The lowest BCUT2D eigenvalue weighted by atomic mass is 10.2. The quantitative estimate of drug-likeness (QED) is 0.330. The molecule has 7 nitrogen and oxygen atoms in total. The van der Waals surface area contributed by atoms with Crippen LogP contribution in [0.1, 0.15) is 27.7 Å². The third-order valence-electron chi connectivity index (χ3n) is 1.63. The van der Waals surface area contributed by atoms with Crippen LogP contribution in [0.2, 0.25) is 0 Å². The van der Waals surface area contributed by atoms with Gasteiger partial charge in [0.2, 0.25) is 0 Å². The minimum Gasteiger partial charge on any atom is -0.442 e. The highest BCUT2D eigenvalue weighted by Gasteiger charge is 2.30. The highest BCUT2D eigenvalue weighted by molar-refractivity contribution is 5.94. The summed E-state index contributed by atoms with van der Waals surface area (Å²) < 4.78 is 4.85. The summed E-state index contributed by atoms with van der Waals surface area (Å²) >= 11 is 0. The summed E-state index contributed by atoms with van der Waals surface area (Å²) in [6.45, 7) is 6.24. The third kappa shape index (κ3) is 4.56. The lowest BCUT2D eigenvalue weighted by molar-refractivity contribution is -0.134. The number of imide groups is 1. The van der Waals surface area contributed by atoms with Crippen LogP contribution in [0, 0.1) is 0 Å². The van der Waals surface area contributed by atoms with Gasteiger partial charge in [-0.2, -0.15) is 5.01 Å². The molecule has 0 aromatic carbocycles. The second kappa shape index (κ2) is 5.24. The summed E-state index contributed by atoms with van der Waals surface area (Å²) in [6, 6.07) is -1.25. The summed E-state index contributed by atoms with van der Waals surface area (Å²) in [6.07, 6.45) is -2.10. The van der Waals surface area contributed by atoms with Crippen LogP contribution >= 0.6 is 0 Å². The van der Waals surface area contributed by atoms with Crippen LogP contribution in [0.3, 0.4) is 0 Å². The Morgan fingerprint density at radius 3 is 2.12 bits per heavy atom. The largest absolute Gasteiger partial charge is 0.442 e. The second-order valence-electron chi connectivity index (χ2n) is 4.45. The molecule has 2 amide bonds. The molecule has 7 heteroatoms. The Kier molecular flexibility index (Phi) is 4.85. The number of hydrogen-bond acceptors (Lipinski definition) is 6. The van der Waals surface area contributed by atoms with Crippen molar-refractivity contribution in [1.29, 1.82) is 0 Å². The molecule has 0 aromatic rings. The van der Waals surface area contributed by atoms with Gasteiger partial charge in [-0.15, -0.1) is 0 Å². The Morgan fingerprint density at radius 1 is 1.38 bits per heavy atom. The summed E-state index contributed by atoms with van der Waals surface area (Å²) in [5.41, 5.74) is 4.57. The SMILES string of the molecule is C[C@@H](O)[C@H](N)C(=O)N(N)C(=O)OC(C)(C)C. The molecule has 0 saturated carbocycles. The van der Waals surface area contributed by atoms with Crippen LogP contribution in [0.4, 0.5) is 4.79 Å². The van der Waals surface area contributed by atoms with E-state index in [1.165, 1.54) is 6.92 Å². The zero-order valence-corrected chi connectivity index (χ0v) is 9.93. The van der Waals surface area contributed by atoms with E-state index in [2.05, 4.69) is 0 Å². The Balaban J connectivity index is 4.51. The topological polar surface area (TPSA) is 119 Å². The number of carbonyl (C=O) groups is 2. The molecule has 5 N–H and O–H groups in total. The molecule has 0 rings (SSSR count). The third-order valence-corrected chi connectivity index (χ3v) is 1.63. The van der Waals surface area contributed by atoms with Crippen molar-refractivity contribution in [2.24, 2.45) is 11.6 Å². The Labute approximate surface area is 94.3 Å². The van der Waals surface area contributed by atoms with E-state index in [1.807, 2.05) is 0 Å². The molecule has 0 aliphatic heterocycles. The zero-order valence-electron chi connectivity index (χ0n) is 9.93. The number of nitrogens with two attached hydrogens (primary N) is 2. The number of aliphatic hydroxyl groups is 1. The van der Waals surface area contributed by atoms with Crippen molar-refractivity contribution >= 4 is 12.0 Å². The predicted molar refractivity (Wildman–Crippen MR) is 56.9 cm³/mol. The van der Waals surface area contributed by atoms with E-state index < -0.39 is 29.7 Å². The van der Waals surface area contributed by atoms with Crippen molar-refractivity contribution in [3.63, 3.8) is 0 Å². The maximum absolute atomic E-state index is 11.4. The van der Waals surface area contributed by atoms with E-state index in [0.29, 0.717) is 0 Å². The van der Waals surface area contributed by atoms with Crippen molar-refractivity contribution in [2.75, 3.05) is 0 Å². The first-order valence-corrected chi connectivity index (χ1v) is 4.81. The molecule has 0 spiro atoms. The second-order valence-corrected chi connectivity index (χ2v) is 4.45. The number of carbonyl (C=O) groups excluding carboxylic acids is 2. The van der Waals surface area contributed by atoms with Gasteiger partial charge in [-0.3, -0.25) is 4.79 Å². The van der Waals surface area contributed by atoms with Gasteiger partial charge >= 0.3 is 6.09 Å². The molecule has 0 fully saturated rings. The van der Waals surface area contributed by atoms with E-state index in [1.54, 1.807) is 20.8 Å². The van der Waals surface area contributed by atoms with Crippen LogP contribution in [-0.2, 0) is 9.53 Å². The van der Waals surface area contributed by atoms with Crippen molar-refractivity contribution in [2.45, 2.75) is 45.4 Å². The first-order valence-electron chi connectivity index (χ1n) is 4.81. The van der Waals surface area contributed by atoms with E-state index >= 15 is 0 Å². The molecule has 0 unspecified atom stereocenters. The first-order chi connectivity index (χ1) is 7.06. The van der Waals surface area contributed by atoms with Crippen molar-refractivity contribution in [3.05, 3.63) is 0 Å². The highest BCUT2D eigenvalue weighted by atomic mass is 16.6. The van der Waals surface area contributed by atoms with Crippen LogP contribution < -0.4 is 11.6 Å². The average molecular weight is 233 g/mol. The normalized spacial score (nSPS) is 15.2. The number of ether oxygens (including phenoxy) is 1. The summed E-state index contributed by atoms with van der Waals surface area (Å²) in [5, 5.41) is 9.34. The molecule has 2 atom stereocenters. The molecule has 0 heterocycles. The van der Waals surface area contributed by atoms with Crippen LogP contribution in [0.15, 0.2) is 0 Å². The van der Waals surface area contributed by atoms with E-state index in [4.69, 9.17) is 21.4 Å². The van der Waals surface area contributed by atoms with Gasteiger partial charge in [0.15, 0.2) is 0 Å². The molecule has 0 aliphatic carbocycles. The fraction of sp³-hybridized carbons (Fsp3) is 0.778. The van der Waals surface area contributed by atoms with Gasteiger partial charge in [-0.1, -0.05) is 0 Å². The van der Waals surface area contributed by atoms with Gasteiger partial charge < -0.3 is 15.6 Å². The molecule has 0 radical (unpaired) electrons. The average Bonchev–Trinajstić information content (AvgIpc) is 2.11. The van der Waals surface area contributed by atoms with Gasteiger partial charge in [0.1, 0.15) is 11.6 Å². The Morgan fingerprint density at radius 2 is 1.81 bits per heavy atom.